The number of non-ortho nitro benzene ring substituents is 1. The first kappa shape index (κ1) is 17.3. The van der Waals surface area contributed by atoms with Gasteiger partial charge in [-0.3, -0.25) is 14.9 Å². The third kappa shape index (κ3) is 3.15. The van der Waals surface area contributed by atoms with Gasteiger partial charge in [-0.25, -0.2) is 18.4 Å². The molecule has 0 aliphatic heterocycles. The van der Waals surface area contributed by atoms with Crippen molar-refractivity contribution in [1.29, 1.82) is 0 Å². The van der Waals surface area contributed by atoms with Crippen LogP contribution in [0.15, 0.2) is 41.6 Å². The molecule has 0 aliphatic rings. The summed E-state index contributed by atoms with van der Waals surface area (Å²) in [6.07, 6.45) is 2.48. The molecular weight excluding hydrogens is 340 g/mol. The minimum absolute atomic E-state index is 0.154. The van der Waals surface area contributed by atoms with Crippen molar-refractivity contribution in [1.82, 2.24) is 9.97 Å². The molecule has 0 spiro atoms. The molecule has 10 nitrogen and oxygen atoms in total. The number of ether oxygens (including phenoxy) is 1. The summed E-state index contributed by atoms with van der Waals surface area (Å²) in [6.45, 7) is 1.04. The van der Waals surface area contributed by atoms with Gasteiger partial charge in [0.1, 0.15) is 0 Å². The van der Waals surface area contributed by atoms with Crippen LogP contribution in [0.4, 0.5) is 11.5 Å². The van der Waals surface area contributed by atoms with Crippen molar-refractivity contribution in [3.63, 3.8) is 0 Å². The number of nitro benzene ring substituents is 1. The molecular formula is C13H12N4O6S. The Hall–Kier alpha value is -3.08. The lowest BCUT2D eigenvalue weighted by molar-refractivity contribution is -0.384. The number of carbonyl (C=O) groups excluding carboxylic acids is 1. The largest absolute Gasteiger partial charge is 0.478 e. The van der Waals surface area contributed by atoms with Crippen molar-refractivity contribution in [2.75, 3.05) is 11.4 Å². The van der Waals surface area contributed by atoms with Crippen molar-refractivity contribution in [2.45, 2.75) is 11.8 Å². The Morgan fingerprint density at radius 2 is 1.79 bits per heavy atom. The fourth-order valence-electron chi connectivity index (χ4n) is 1.88. The van der Waals surface area contributed by atoms with E-state index in [1.807, 2.05) is 0 Å². The van der Waals surface area contributed by atoms with E-state index in [-0.39, 0.29) is 22.3 Å². The standard InChI is InChI=1S/C13H12N4O6S/c1-9(18)16(12-13(23-2)15-8-7-14-12)24(21,22)11-5-3-10(4-6-11)17(19)20/h3-8H,1-2H3. The maximum Gasteiger partial charge on any atom is 0.272 e. The second kappa shape index (κ2) is 6.58. The molecule has 0 N–H and O–H groups in total. The van der Waals surface area contributed by atoms with Crippen LogP contribution in [0.5, 0.6) is 5.88 Å². The molecule has 126 valence electrons. The number of carbonyl (C=O) groups is 1. The average Bonchev–Trinajstić information content (AvgIpc) is 2.55. The molecule has 0 saturated heterocycles. The molecule has 2 aromatic rings. The molecule has 1 amide bonds. The van der Waals surface area contributed by atoms with Gasteiger partial charge in [-0.1, -0.05) is 0 Å². The van der Waals surface area contributed by atoms with Crippen molar-refractivity contribution < 1.29 is 22.9 Å². The second-order valence-electron chi connectivity index (χ2n) is 4.43. The van der Waals surface area contributed by atoms with Crippen molar-refractivity contribution >= 4 is 27.4 Å². The second-order valence-corrected chi connectivity index (χ2v) is 6.22. The molecule has 2 rings (SSSR count). The Bertz CT molecular complexity index is 882. The van der Waals surface area contributed by atoms with Crippen LogP contribution in [0.3, 0.4) is 0 Å². The quantitative estimate of drug-likeness (QED) is 0.578. The van der Waals surface area contributed by atoms with Gasteiger partial charge in [-0.15, -0.1) is 0 Å². The third-order valence-electron chi connectivity index (χ3n) is 2.90. The lowest BCUT2D eigenvalue weighted by Gasteiger charge is -2.20. The number of nitro groups is 1. The van der Waals surface area contributed by atoms with Gasteiger partial charge in [0.2, 0.25) is 11.7 Å². The smallest absolute Gasteiger partial charge is 0.272 e. The molecule has 0 saturated carbocycles. The average molecular weight is 352 g/mol. The van der Waals surface area contributed by atoms with Crippen molar-refractivity contribution in [3.05, 3.63) is 46.8 Å². The molecule has 1 aromatic heterocycles. The van der Waals surface area contributed by atoms with E-state index in [1.165, 1.54) is 19.5 Å². The zero-order chi connectivity index (χ0) is 17.9. The summed E-state index contributed by atoms with van der Waals surface area (Å²) in [5.41, 5.74) is -0.277. The molecule has 0 unspecified atom stereocenters. The van der Waals surface area contributed by atoms with Gasteiger partial charge in [-0.2, -0.15) is 4.31 Å². The van der Waals surface area contributed by atoms with Crippen molar-refractivity contribution in [2.24, 2.45) is 0 Å². The van der Waals surface area contributed by atoms with Crippen LogP contribution in [0.25, 0.3) is 0 Å². The van der Waals surface area contributed by atoms with Gasteiger partial charge in [0.05, 0.1) is 16.9 Å². The molecule has 1 aromatic carbocycles. The van der Waals surface area contributed by atoms with E-state index in [0.717, 1.165) is 31.2 Å². The van der Waals surface area contributed by atoms with E-state index in [9.17, 15) is 23.3 Å². The van der Waals surface area contributed by atoms with Gasteiger partial charge >= 0.3 is 0 Å². The number of hydrogen-bond acceptors (Lipinski definition) is 8. The molecule has 0 atom stereocenters. The number of amides is 1. The summed E-state index contributed by atoms with van der Waals surface area (Å²) in [4.78, 5) is 29.3. The van der Waals surface area contributed by atoms with Crippen molar-refractivity contribution in [3.8, 4) is 5.88 Å². The highest BCUT2D eigenvalue weighted by atomic mass is 32.2. The highest BCUT2D eigenvalue weighted by molar-refractivity contribution is 7.93. The number of aromatic nitrogens is 2. The molecule has 0 aliphatic carbocycles. The number of methoxy groups -OCH3 is 1. The van der Waals surface area contributed by atoms with Gasteiger partial charge in [-0.05, 0) is 12.1 Å². The van der Waals surface area contributed by atoms with Crippen LogP contribution in [-0.4, -0.2) is 36.3 Å². The normalized spacial score (nSPS) is 10.9. The summed E-state index contributed by atoms with van der Waals surface area (Å²) < 4.78 is 30.8. The summed E-state index contributed by atoms with van der Waals surface area (Å²) in [5.74, 6) is -1.30. The fraction of sp³-hybridized carbons (Fsp3) is 0.154. The number of hydrogen-bond donors (Lipinski definition) is 0. The van der Waals surface area contributed by atoms with Gasteiger partial charge < -0.3 is 4.74 Å². The minimum Gasteiger partial charge on any atom is -0.478 e. The summed E-state index contributed by atoms with van der Waals surface area (Å²) in [5, 5.41) is 10.7. The van der Waals surface area contributed by atoms with Crippen LogP contribution in [0.2, 0.25) is 0 Å². The third-order valence-corrected chi connectivity index (χ3v) is 4.68. The molecule has 24 heavy (non-hydrogen) atoms. The first-order valence-electron chi connectivity index (χ1n) is 6.44. The Kier molecular flexibility index (Phi) is 4.74. The monoisotopic (exact) mass is 352 g/mol. The Balaban J connectivity index is 2.58. The first-order valence-corrected chi connectivity index (χ1v) is 7.88. The fourth-order valence-corrected chi connectivity index (χ4v) is 3.26. The Labute approximate surface area is 136 Å². The van der Waals surface area contributed by atoms with Crippen LogP contribution in [0, 0.1) is 10.1 Å². The van der Waals surface area contributed by atoms with E-state index < -0.39 is 20.9 Å². The van der Waals surface area contributed by atoms with Gasteiger partial charge in [0, 0.05) is 31.5 Å². The summed E-state index contributed by atoms with van der Waals surface area (Å²) >= 11 is 0. The maximum atomic E-state index is 12.7. The highest BCUT2D eigenvalue weighted by Gasteiger charge is 2.33. The van der Waals surface area contributed by atoms with Gasteiger partial charge in [0.15, 0.2) is 0 Å². The lowest BCUT2D eigenvalue weighted by Crippen LogP contribution is -2.36. The maximum absolute atomic E-state index is 12.7. The van der Waals surface area contributed by atoms with E-state index >= 15 is 0 Å². The van der Waals surface area contributed by atoms with Crippen LogP contribution >= 0.6 is 0 Å². The molecule has 0 radical (unpaired) electrons. The first-order chi connectivity index (χ1) is 11.3. The molecule has 11 heteroatoms. The number of nitrogens with zero attached hydrogens (tertiary/aromatic N) is 4. The van der Waals surface area contributed by atoms with E-state index in [2.05, 4.69) is 9.97 Å². The summed E-state index contributed by atoms with van der Waals surface area (Å²) in [6, 6.07) is 4.12. The van der Waals surface area contributed by atoms with Crippen LogP contribution in [-0.2, 0) is 14.8 Å². The number of benzene rings is 1. The lowest BCUT2D eigenvalue weighted by atomic mass is 10.3. The SMILES string of the molecule is COc1nccnc1N(C(C)=O)S(=O)(=O)c1ccc([N+](=O)[O-])cc1. The predicted octanol–water partition coefficient (Wildman–Crippen LogP) is 1.14. The Morgan fingerprint density at radius 1 is 1.21 bits per heavy atom. The van der Waals surface area contributed by atoms with Gasteiger partial charge in [0.25, 0.3) is 21.6 Å². The number of anilines is 1. The number of sulfonamides is 1. The topological polar surface area (TPSA) is 133 Å². The number of rotatable bonds is 5. The molecule has 0 bridgehead atoms. The van der Waals surface area contributed by atoms with Crippen LogP contribution in [0.1, 0.15) is 6.92 Å². The summed E-state index contributed by atoms with van der Waals surface area (Å²) in [7, 11) is -3.10. The zero-order valence-corrected chi connectivity index (χ0v) is 13.4. The van der Waals surface area contributed by atoms with Crippen LogP contribution < -0.4 is 9.04 Å². The minimum atomic E-state index is -4.35. The highest BCUT2D eigenvalue weighted by Crippen LogP contribution is 2.29. The van der Waals surface area contributed by atoms with E-state index in [1.54, 1.807) is 0 Å². The van der Waals surface area contributed by atoms with E-state index in [0.29, 0.717) is 4.31 Å². The predicted molar refractivity (Wildman–Crippen MR) is 82.0 cm³/mol. The molecule has 0 fully saturated rings. The Morgan fingerprint density at radius 3 is 2.29 bits per heavy atom. The van der Waals surface area contributed by atoms with E-state index in [4.69, 9.17) is 4.74 Å². The zero-order valence-electron chi connectivity index (χ0n) is 12.6. The molecule has 1 heterocycles.